The molecule has 0 aromatic heterocycles. The molecule has 0 aliphatic heterocycles. The van der Waals surface area contributed by atoms with Crippen LogP contribution in [0, 0.1) is 21.4 Å². The minimum absolute atomic E-state index is 0.0239. The highest BCUT2D eigenvalue weighted by Crippen LogP contribution is 2.39. The molecule has 140 valence electrons. The topological polar surface area (TPSA) is 52.4 Å². The lowest BCUT2D eigenvalue weighted by Crippen LogP contribution is -2.30. The largest absolute Gasteiger partial charge is 0.490 e. The molecule has 0 bridgehead atoms. The van der Waals surface area contributed by atoms with Gasteiger partial charge in [0.15, 0.2) is 0 Å². The molecule has 0 amide bonds. The maximum atomic E-state index is 10.5. The van der Waals surface area contributed by atoms with Gasteiger partial charge in [0, 0.05) is 11.3 Å². The third-order valence-electron chi connectivity index (χ3n) is 5.66. The summed E-state index contributed by atoms with van der Waals surface area (Å²) < 4.78 is 6.24. The molecule has 0 atom stereocenters. The van der Waals surface area contributed by atoms with E-state index in [2.05, 4.69) is 32.9 Å². The molecule has 0 heterocycles. The van der Waals surface area contributed by atoms with Gasteiger partial charge in [-0.2, -0.15) is 0 Å². The highest BCUT2D eigenvalue weighted by Gasteiger charge is 2.30. The predicted octanol–water partition coefficient (Wildman–Crippen LogP) is 5.64. The first-order valence-electron chi connectivity index (χ1n) is 9.62. The lowest BCUT2D eigenvalue weighted by atomic mass is 9.72. The fourth-order valence-electron chi connectivity index (χ4n) is 3.96. The Labute approximate surface area is 155 Å². The maximum absolute atomic E-state index is 10.5. The van der Waals surface area contributed by atoms with Crippen LogP contribution in [0.25, 0.3) is 10.8 Å². The Bertz CT molecular complexity index is 771. The normalized spacial score (nSPS) is 20.9. The van der Waals surface area contributed by atoms with Crippen LogP contribution in [0.15, 0.2) is 36.4 Å². The van der Waals surface area contributed by atoms with Crippen molar-refractivity contribution in [1.29, 1.82) is 0 Å². The van der Waals surface area contributed by atoms with Crippen molar-refractivity contribution in [2.75, 3.05) is 6.54 Å². The quantitative estimate of drug-likeness (QED) is 0.515. The van der Waals surface area contributed by atoms with Crippen LogP contribution in [0.5, 0.6) is 5.75 Å². The number of benzene rings is 2. The molecule has 26 heavy (non-hydrogen) atoms. The Morgan fingerprint density at radius 3 is 2.35 bits per heavy atom. The Morgan fingerprint density at radius 1 is 1.04 bits per heavy atom. The first-order valence-corrected chi connectivity index (χ1v) is 9.62. The molecule has 0 saturated heterocycles. The molecule has 4 nitrogen and oxygen atoms in total. The molecule has 2 aromatic rings. The molecular weight excluding hydrogens is 326 g/mol. The van der Waals surface area contributed by atoms with Crippen LogP contribution in [-0.4, -0.2) is 17.6 Å². The maximum Gasteiger partial charge on any atom is 0.207 e. The van der Waals surface area contributed by atoms with E-state index in [-0.39, 0.29) is 11.5 Å². The molecule has 1 aliphatic carbocycles. The Kier molecular flexibility index (Phi) is 5.49. The number of fused-ring (bicyclic) bond motifs is 1. The zero-order valence-electron chi connectivity index (χ0n) is 16.0. The van der Waals surface area contributed by atoms with Gasteiger partial charge in [-0.25, -0.2) is 0 Å². The van der Waals surface area contributed by atoms with Gasteiger partial charge in [0.1, 0.15) is 5.75 Å². The second kappa shape index (κ2) is 7.65. The van der Waals surface area contributed by atoms with E-state index in [9.17, 15) is 10.1 Å². The third-order valence-corrected chi connectivity index (χ3v) is 5.66. The van der Waals surface area contributed by atoms with Gasteiger partial charge in [-0.3, -0.25) is 10.1 Å². The molecule has 0 spiro atoms. The molecule has 1 saturated carbocycles. The number of hydrogen-bond acceptors (Lipinski definition) is 3. The van der Waals surface area contributed by atoms with Gasteiger partial charge in [0.05, 0.1) is 6.10 Å². The van der Waals surface area contributed by atoms with Gasteiger partial charge in [0.2, 0.25) is 6.54 Å². The lowest BCUT2D eigenvalue weighted by molar-refractivity contribution is -0.479. The van der Waals surface area contributed by atoms with Crippen LogP contribution in [0.2, 0.25) is 0 Å². The van der Waals surface area contributed by atoms with Crippen molar-refractivity contribution in [2.45, 2.75) is 59.0 Å². The van der Waals surface area contributed by atoms with Crippen molar-refractivity contribution in [3.8, 4) is 5.75 Å². The van der Waals surface area contributed by atoms with Crippen molar-refractivity contribution in [1.82, 2.24) is 0 Å². The van der Waals surface area contributed by atoms with Gasteiger partial charge in [0.25, 0.3) is 0 Å². The first-order chi connectivity index (χ1) is 12.3. The SMILES string of the molecule is CC(C)(C)C1CCC(Oc2ccc3cc(CC[N+](=O)[O-])ccc3c2)CC1. The third kappa shape index (κ3) is 4.75. The average Bonchev–Trinajstić information content (AvgIpc) is 2.59. The highest BCUT2D eigenvalue weighted by atomic mass is 16.6. The molecule has 3 rings (SSSR count). The van der Waals surface area contributed by atoms with Gasteiger partial charge < -0.3 is 4.74 Å². The summed E-state index contributed by atoms with van der Waals surface area (Å²) >= 11 is 0. The minimum Gasteiger partial charge on any atom is -0.490 e. The van der Waals surface area contributed by atoms with Crippen LogP contribution in [0.4, 0.5) is 0 Å². The van der Waals surface area contributed by atoms with Crippen LogP contribution in [0.1, 0.15) is 52.0 Å². The summed E-state index contributed by atoms with van der Waals surface area (Å²) in [6, 6.07) is 12.2. The predicted molar refractivity (Wildman–Crippen MR) is 105 cm³/mol. The van der Waals surface area contributed by atoms with E-state index in [4.69, 9.17) is 4.74 Å². The Morgan fingerprint density at radius 2 is 1.69 bits per heavy atom. The summed E-state index contributed by atoms with van der Waals surface area (Å²) in [7, 11) is 0. The molecule has 1 aliphatic rings. The smallest absolute Gasteiger partial charge is 0.207 e. The molecule has 0 N–H and O–H groups in total. The van der Waals surface area contributed by atoms with Crippen molar-refractivity contribution >= 4 is 10.8 Å². The lowest BCUT2D eigenvalue weighted by Gasteiger charge is -2.37. The zero-order valence-corrected chi connectivity index (χ0v) is 16.0. The summed E-state index contributed by atoms with van der Waals surface area (Å²) in [5.74, 6) is 1.71. The van der Waals surface area contributed by atoms with E-state index < -0.39 is 0 Å². The highest BCUT2D eigenvalue weighted by molar-refractivity contribution is 5.84. The van der Waals surface area contributed by atoms with Crippen LogP contribution >= 0.6 is 0 Å². The van der Waals surface area contributed by atoms with Gasteiger partial charge in [-0.15, -0.1) is 0 Å². The fourth-order valence-corrected chi connectivity index (χ4v) is 3.96. The van der Waals surface area contributed by atoms with E-state index in [0.717, 1.165) is 40.8 Å². The van der Waals surface area contributed by atoms with Gasteiger partial charge in [-0.1, -0.05) is 45.0 Å². The summed E-state index contributed by atoms with van der Waals surface area (Å²) in [4.78, 5) is 10.3. The van der Waals surface area contributed by atoms with Crippen LogP contribution < -0.4 is 4.74 Å². The van der Waals surface area contributed by atoms with Crippen molar-refractivity contribution < 1.29 is 9.66 Å². The van der Waals surface area contributed by atoms with Crippen LogP contribution in [-0.2, 0) is 6.42 Å². The summed E-state index contributed by atoms with van der Waals surface area (Å²) in [5, 5.41) is 12.8. The van der Waals surface area contributed by atoms with Crippen LogP contribution in [0.3, 0.4) is 0 Å². The minimum atomic E-state index is -0.268. The summed E-state index contributed by atoms with van der Waals surface area (Å²) in [6.07, 6.45) is 5.51. The van der Waals surface area contributed by atoms with Crippen molar-refractivity contribution in [3.63, 3.8) is 0 Å². The zero-order chi connectivity index (χ0) is 18.7. The number of nitrogens with zero attached hydrogens (tertiary/aromatic N) is 1. The molecular formula is C22H29NO3. The summed E-state index contributed by atoms with van der Waals surface area (Å²) in [6.45, 7) is 6.98. The second-order valence-corrected chi connectivity index (χ2v) is 8.61. The number of hydrogen-bond donors (Lipinski definition) is 0. The molecule has 2 aromatic carbocycles. The monoisotopic (exact) mass is 355 g/mol. The van der Waals surface area contributed by atoms with E-state index >= 15 is 0 Å². The van der Waals surface area contributed by atoms with E-state index in [0.29, 0.717) is 17.9 Å². The number of rotatable bonds is 5. The van der Waals surface area contributed by atoms with E-state index in [1.54, 1.807) is 0 Å². The second-order valence-electron chi connectivity index (χ2n) is 8.61. The van der Waals surface area contributed by atoms with Crippen molar-refractivity contribution in [2.24, 2.45) is 11.3 Å². The van der Waals surface area contributed by atoms with Gasteiger partial charge in [-0.05, 0) is 65.5 Å². The van der Waals surface area contributed by atoms with Gasteiger partial charge >= 0.3 is 0 Å². The standard InChI is InChI=1S/C22H29NO3/c1-22(2,3)19-7-10-20(11-8-19)26-21-9-6-17-14-16(12-13-23(24)25)4-5-18(17)15-21/h4-6,9,14-15,19-20H,7-8,10-13H2,1-3H3. The van der Waals surface area contributed by atoms with E-state index in [1.807, 2.05) is 24.3 Å². The number of ether oxygens (including phenoxy) is 1. The average molecular weight is 355 g/mol. The van der Waals surface area contributed by atoms with Crippen molar-refractivity contribution in [3.05, 3.63) is 52.1 Å². The molecule has 0 radical (unpaired) electrons. The molecule has 4 heteroatoms. The fraction of sp³-hybridized carbons (Fsp3) is 0.545. The van der Waals surface area contributed by atoms with E-state index in [1.165, 1.54) is 12.8 Å². The molecule has 0 unspecified atom stereocenters. The first kappa shape index (κ1) is 18.7. The Balaban J connectivity index is 1.63. The summed E-state index contributed by atoms with van der Waals surface area (Å²) in [5.41, 5.74) is 1.39. The number of nitro groups is 1. The Hall–Kier alpha value is -2.10. The molecule has 1 fully saturated rings.